The average molecular weight is 196 g/mol. The molecule has 0 saturated heterocycles. The van der Waals surface area contributed by atoms with Crippen LogP contribution in [0.25, 0.3) is 0 Å². The van der Waals surface area contributed by atoms with Crippen molar-refractivity contribution in [1.82, 2.24) is 5.43 Å². The Kier molecular flexibility index (Phi) is 9.71. The lowest BCUT2D eigenvalue weighted by molar-refractivity contribution is 0.582. The summed E-state index contributed by atoms with van der Waals surface area (Å²) < 4.78 is 0. The van der Waals surface area contributed by atoms with Gasteiger partial charge in [-0.2, -0.15) is 5.10 Å². The molecule has 0 aliphatic carbocycles. The Morgan fingerprint density at radius 2 is 1.86 bits per heavy atom. The number of hydrogen-bond donors (Lipinski definition) is 1. The van der Waals surface area contributed by atoms with Gasteiger partial charge < -0.3 is 5.43 Å². The normalized spacial score (nSPS) is 11.4. The van der Waals surface area contributed by atoms with Crippen LogP contribution in [0.3, 0.4) is 0 Å². The molecular weight excluding hydrogens is 172 g/mol. The van der Waals surface area contributed by atoms with E-state index in [0.29, 0.717) is 0 Å². The molecule has 0 atom stereocenters. The summed E-state index contributed by atoms with van der Waals surface area (Å²) in [7, 11) is 0. The van der Waals surface area contributed by atoms with E-state index in [-0.39, 0.29) is 0 Å². The minimum Gasteiger partial charge on any atom is -0.310 e. The quantitative estimate of drug-likeness (QED) is 0.341. The molecule has 82 valence electrons. The number of hydrogen-bond acceptors (Lipinski definition) is 2. The average Bonchev–Trinajstić information content (AvgIpc) is 2.21. The fourth-order valence-corrected chi connectivity index (χ4v) is 1.21. The molecule has 2 heteroatoms. The number of allylic oxidation sites excluding steroid dienone is 1. The number of nitrogens with one attached hydrogen (secondary N) is 1. The molecule has 0 unspecified atom stereocenters. The van der Waals surface area contributed by atoms with Crippen LogP contribution in [0.2, 0.25) is 0 Å². The molecule has 0 aromatic carbocycles. The highest BCUT2D eigenvalue weighted by Crippen LogP contribution is 2.03. The Balaban J connectivity index is 3.10. The Hall–Kier alpha value is -0.790. The van der Waals surface area contributed by atoms with Gasteiger partial charge in [-0.3, -0.25) is 0 Å². The third-order valence-corrected chi connectivity index (χ3v) is 2.19. The van der Waals surface area contributed by atoms with E-state index in [1.807, 2.05) is 6.92 Å². The van der Waals surface area contributed by atoms with Crippen molar-refractivity contribution in [2.24, 2.45) is 5.10 Å². The number of hydrazone groups is 1. The van der Waals surface area contributed by atoms with Gasteiger partial charge in [0.2, 0.25) is 0 Å². The van der Waals surface area contributed by atoms with Crippen LogP contribution in [0.15, 0.2) is 17.8 Å². The first-order chi connectivity index (χ1) is 6.81. The third-order valence-electron chi connectivity index (χ3n) is 2.19. The minimum atomic E-state index is 0.955. The summed E-state index contributed by atoms with van der Waals surface area (Å²) in [4.78, 5) is 0. The Morgan fingerprint density at radius 3 is 2.50 bits per heavy atom. The molecule has 0 aromatic rings. The molecular formula is C12H24N2. The molecule has 0 aliphatic rings. The smallest absolute Gasteiger partial charge is 0.0566 e. The van der Waals surface area contributed by atoms with Gasteiger partial charge in [0, 0.05) is 6.54 Å². The number of nitrogens with zero attached hydrogens (tertiary/aromatic N) is 1. The molecule has 0 heterocycles. The lowest BCUT2D eigenvalue weighted by Crippen LogP contribution is -2.09. The van der Waals surface area contributed by atoms with E-state index in [0.717, 1.165) is 12.3 Å². The van der Waals surface area contributed by atoms with E-state index >= 15 is 0 Å². The maximum Gasteiger partial charge on any atom is 0.0566 e. The van der Waals surface area contributed by atoms with Crippen LogP contribution in [0, 0.1) is 0 Å². The standard InChI is InChI=1S/C12H24N2/c1-4-6-7-8-9-10-11-13-14-12(3)5-2/h5,13H,2,4,6-11H2,1,3H3. The van der Waals surface area contributed by atoms with Crippen LogP contribution >= 0.6 is 0 Å². The zero-order valence-electron chi connectivity index (χ0n) is 9.68. The molecule has 0 spiro atoms. The summed E-state index contributed by atoms with van der Waals surface area (Å²) in [5.74, 6) is 0. The molecule has 0 bridgehead atoms. The summed E-state index contributed by atoms with van der Waals surface area (Å²) in [6.45, 7) is 8.81. The summed E-state index contributed by atoms with van der Waals surface area (Å²) in [5, 5.41) is 4.13. The van der Waals surface area contributed by atoms with Gasteiger partial charge >= 0.3 is 0 Å². The van der Waals surface area contributed by atoms with Crippen LogP contribution < -0.4 is 5.43 Å². The van der Waals surface area contributed by atoms with Gasteiger partial charge in [-0.15, -0.1) is 0 Å². The summed E-state index contributed by atoms with van der Waals surface area (Å²) in [6.07, 6.45) is 9.73. The van der Waals surface area contributed by atoms with Gasteiger partial charge in [0.1, 0.15) is 0 Å². The number of unbranched alkanes of at least 4 members (excludes halogenated alkanes) is 5. The first kappa shape index (κ1) is 13.2. The third kappa shape index (κ3) is 9.30. The Bertz CT molecular complexity index is 162. The van der Waals surface area contributed by atoms with Crippen molar-refractivity contribution >= 4 is 5.71 Å². The fourth-order valence-electron chi connectivity index (χ4n) is 1.21. The molecule has 2 nitrogen and oxygen atoms in total. The van der Waals surface area contributed by atoms with Crippen molar-refractivity contribution in [2.75, 3.05) is 6.54 Å². The second-order valence-electron chi connectivity index (χ2n) is 3.63. The second kappa shape index (κ2) is 10.3. The van der Waals surface area contributed by atoms with Gasteiger partial charge in [0.15, 0.2) is 0 Å². The van der Waals surface area contributed by atoms with Crippen molar-refractivity contribution in [1.29, 1.82) is 0 Å². The van der Waals surface area contributed by atoms with Gasteiger partial charge in [-0.1, -0.05) is 45.6 Å². The predicted molar refractivity (Wildman–Crippen MR) is 64.7 cm³/mol. The zero-order valence-corrected chi connectivity index (χ0v) is 9.68. The monoisotopic (exact) mass is 196 g/mol. The van der Waals surface area contributed by atoms with Gasteiger partial charge in [0.25, 0.3) is 0 Å². The van der Waals surface area contributed by atoms with Crippen LogP contribution in [-0.4, -0.2) is 12.3 Å². The van der Waals surface area contributed by atoms with E-state index in [1.165, 1.54) is 38.5 Å². The maximum absolute atomic E-state index is 4.13. The van der Waals surface area contributed by atoms with Crippen LogP contribution in [0.1, 0.15) is 52.4 Å². The highest BCUT2D eigenvalue weighted by Gasteiger charge is 1.89. The van der Waals surface area contributed by atoms with Gasteiger partial charge in [-0.25, -0.2) is 0 Å². The lowest BCUT2D eigenvalue weighted by Gasteiger charge is -2.01. The van der Waals surface area contributed by atoms with Crippen molar-refractivity contribution in [2.45, 2.75) is 52.4 Å². The second-order valence-corrected chi connectivity index (χ2v) is 3.63. The topological polar surface area (TPSA) is 24.4 Å². The van der Waals surface area contributed by atoms with E-state index in [4.69, 9.17) is 0 Å². The van der Waals surface area contributed by atoms with E-state index in [9.17, 15) is 0 Å². The summed E-state index contributed by atoms with van der Waals surface area (Å²) in [6, 6.07) is 0. The van der Waals surface area contributed by atoms with E-state index < -0.39 is 0 Å². The molecule has 0 fully saturated rings. The molecule has 0 aliphatic heterocycles. The van der Waals surface area contributed by atoms with Crippen LogP contribution in [0.4, 0.5) is 0 Å². The summed E-state index contributed by atoms with van der Waals surface area (Å²) >= 11 is 0. The molecule has 1 N–H and O–H groups in total. The Labute approximate surface area is 88.5 Å². The minimum absolute atomic E-state index is 0.955. The molecule has 14 heavy (non-hydrogen) atoms. The maximum atomic E-state index is 4.13. The molecule has 0 rings (SSSR count). The van der Waals surface area contributed by atoms with E-state index in [1.54, 1.807) is 6.08 Å². The SMILES string of the molecule is C=CC(C)=NNCCCCCCCC. The Morgan fingerprint density at radius 1 is 1.21 bits per heavy atom. The summed E-state index contributed by atoms with van der Waals surface area (Å²) in [5.41, 5.74) is 4.00. The highest BCUT2D eigenvalue weighted by atomic mass is 15.3. The van der Waals surface area contributed by atoms with Crippen LogP contribution in [-0.2, 0) is 0 Å². The molecule has 0 amide bonds. The fraction of sp³-hybridized carbons (Fsp3) is 0.750. The van der Waals surface area contributed by atoms with Gasteiger partial charge in [0.05, 0.1) is 5.71 Å². The van der Waals surface area contributed by atoms with Crippen LogP contribution in [0.5, 0.6) is 0 Å². The van der Waals surface area contributed by atoms with Gasteiger partial charge in [-0.05, 0) is 19.4 Å². The van der Waals surface area contributed by atoms with Crippen molar-refractivity contribution in [3.63, 3.8) is 0 Å². The van der Waals surface area contributed by atoms with E-state index in [2.05, 4.69) is 24.0 Å². The zero-order chi connectivity index (χ0) is 10.6. The molecule has 0 aromatic heterocycles. The lowest BCUT2D eigenvalue weighted by atomic mass is 10.1. The van der Waals surface area contributed by atoms with Crippen molar-refractivity contribution in [3.05, 3.63) is 12.7 Å². The molecule has 0 saturated carbocycles. The first-order valence-electron chi connectivity index (χ1n) is 5.70. The largest absolute Gasteiger partial charge is 0.310 e. The number of rotatable bonds is 9. The van der Waals surface area contributed by atoms with Crippen molar-refractivity contribution in [3.8, 4) is 0 Å². The predicted octanol–water partition coefficient (Wildman–Crippen LogP) is 3.50. The first-order valence-corrected chi connectivity index (χ1v) is 5.70. The van der Waals surface area contributed by atoms with Crippen molar-refractivity contribution < 1.29 is 0 Å². The highest BCUT2D eigenvalue weighted by molar-refractivity contribution is 5.91. The molecule has 0 radical (unpaired) electrons.